The molecule has 1 aromatic heterocycles. The normalized spacial score (nSPS) is 20.5. The van der Waals surface area contributed by atoms with Crippen molar-refractivity contribution in [3.8, 4) is 5.75 Å². The zero-order valence-electron chi connectivity index (χ0n) is 14.4. The first-order chi connectivity index (χ1) is 12.0. The molecule has 7 heteroatoms. The molecule has 0 aliphatic carbocycles. The van der Waals surface area contributed by atoms with Crippen LogP contribution in [0.2, 0.25) is 0 Å². The zero-order valence-corrected chi connectivity index (χ0v) is 14.4. The highest BCUT2D eigenvalue weighted by Gasteiger charge is 2.39. The lowest BCUT2D eigenvalue weighted by molar-refractivity contribution is -0.0826. The van der Waals surface area contributed by atoms with Crippen LogP contribution in [0.5, 0.6) is 5.75 Å². The lowest BCUT2D eigenvalue weighted by atomic mass is 9.93. The molecule has 1 saturated heterocycles. The van der Waals surface area contributed by atoms with E-state index in [1.807, 2.05) is 0 Å². The molecule has 1 unspecified atom stereocenters. The number of hydrogen-bond acceptors (Lipinski definition) is 4. The van der Waals surface area contributed by atoms with E-state index in [-0.39, 0.29) is 11.7 Å². The zero-order chi connectivity index (χ0) is 17.9. The SMILES string of the molecule is COC1(COc2ccc(F)cc2)CCCN(C(=O)c2nccn2C)C1. The van der Waals surface area contributed by atoms with Gasteiger partial charge < -0.3 is 18.9 Å². The maximum atomic E-state index is 13.0. The van der Waals surface area contributed by atoms with Crippen LogP contribution in [-0.2, 0) is 11.8 Å². The molecule has 0 radical (unpaired) electrons. The Balaban J connectivity index is 1.69. The smallest absolute Gasteiger partial charge is 0.289 e. The summed E-state index contributed by atoms with van der Waals surface area (Å²) < 4.78 is 26.2. The highest BCUT2D eigenvalue weighted by Crippen LogP contribution is 2.27. The standard InChI is InChI=1S/C18H22FN3O3/c1-21-11-9-20-16(21)17(23)22-10-3-8-18(12-22,24-2)13-25-15-6-4-14(19)5-7-15/h4-7,9,11H,3,8,10,12-13H2,1-2H3. The quantitative estimate of drug-likeness (QED) is 0.833. The third-order valence-corrected chi connectivity index (χ3v) is 4.59. The topological polar surface area (TPSA) is 56.6 Å². The van der Waals surface area contributed by atoms with Crippen LogP contribution in [0.15, 0.2) is 36.7 Å². The number of ether oxygens (including phenoxy) is 2. The highest BCUT2D eigenvalue weighted by molar-refractivity contribution is 5.91. The van der Waals surface area contributed by atoms with Crippen molar-refractivity contribution in [1.29, 1.82) is 0 Å². The molecule has 25 heavy (non-hydrogen) atoms. The molecule has 134 valence electrons. The largest absolute Gasteiger partial charge is 0.491 e. The van der Waals surface area contributed by atoms with Gasteiger partial charge in [-0.25, -0.2) is 9.37 Å². The van der Waals surface area contributed by atoms with Gasteiger partial charge >= 0.3 is 0 Å². The average molecular weight is 347 g/mol. The first-order valence-corrected chi connectivity index (χ1v) is 8.23. The van der Waals surface area contributed by atoms with E-state index in [4.69, 9.17) is 9.47 Å². The molecule has 2 heterocycles. The number of hydrogen-bond donors (Lipinski definition) is 0. The third kappa shape index (κ3) is 3.82. The summed E-state index contributed by atoms with van der Waals surface area (Å²) >= 11 is 0. The molecule has 1 amide bonds. The Labute approximate surface area is 146 Å². The second-order valence-corrected chi connectivity index (χ2v) is 6.32. The predicted molar refractivity (Wildman–Crippen MR) is 90.0 cm³/mol. The second-order valence-electron chi connectivity index (χ2n) is 6.32. The molecule has 3 rings (SSSR count). The summed E-state index contributed by atoms with van der Waals surface area (Å²) in [5.74, 6) is 0.561. The highest BCUT2D eigenvalue weighted by atomic mass is 19.1. The molecule has 1 aliphatic heterocycles. The van der Waals surface area contributed by atoms with Crippen LogP contribution in [0.3, 0.4) is 0 Å². The van der Waals surface area contributed by atoms with Crippen LogP contribution in [-0.4, -0.2) is 52.8 Å². The number of piperidine rings is 1. The third-order valence-electron chi connectivity index (χ3n) is 4.59. The van der Waals surface area contributed by atoms with Crippen LogP contribution in [0, 0.1) is 5.82 Å². The summed E-state index contributed by atoms with van der Waals surface area (Å²) in [6, 6.07) is 5.87. The van der Waals surface area contributed by atoms with Gasteiger partial charge in [0.05, 0.1) is 6.54 Å². The molecule has 0 bridgehead atoms. The summed E-state index contributed by atoms with van der Waals surface area (Å²) in [5, 5.41) is 0. The Kier molecular flexibility index (Phi) is 5.03. The van der Waals surface area contributed by atoms with Crippen LogP contribution in [0.25, 0.3) is 0 Å². The van der Waals surface area contributed by atoms with E-state index in [1.165, 1.54) is 12.1 Å². The first kappa shape index (κ1) is 17.4. The molecule has 0 spiro atoms. The Morgan fingerprint density at radius 2 is 2.12 bits per heavy atom. The maximum absolute atomic E-state index is 13.0. The number of amides is 1. The fourth-order valence-corrected chi connectivity index (χ4v) is 3.07. The number of carbonyl (C=O) groups excluding carboxylic acids is 1. The lowest BCUT2D eigenvalue weighted by Gasteiger charge is -2.41. The molecule has 6 nitrogen and oxygen atoms in total. The van der Waals surface area contributed by atoms with Crippen molar-refractivity contribution in [3.63, 3.8) is 0 Å². The fraction of sp³-hybridized carbons (Fsp3) is 0.444. The van der Waals surface area contributed by atoms with Crippen LogP contribution < -0.4 is 4.74 Å². The summed E-state index contributed by atoms with van der Waals surface area (Å²) in [6.07, 6.45) is 4.96. The summed E-state index contributed by atoms with van der Waals surface area (Å²) in [7, 11) is 3.42. The minimum Gasteiger partial charge on any atom is -0.491 e. The van der Waals surface area contributed by atoms with Crippen molar-refractivity contribution in [2.45, 2.75) is 18.4 Å². The predicted octanol–water partition coefficient (Wildman–Crippen LogP) is 2.26. The van der Waals surface area contributed by atoms with Gasteiger partial charge in [-0.3, -0.25) is 4.79 Å². The van der Waals surface area contributed by atoms with E-state index in [9.17, 15) is 9.18 Å². The first-order valence-electron chi connectivity index (χ1n) is 8.23. The fourth-order valence-electron chi connectivity index (χ4n) is 3.07. The van der Waals surface area contributed by atoms with Crippen molar-refractivity contribution < 1.29 is 18.7 Å². The summed E-state index contributed by atoms with van der Waals surface area (Å²) in [4.78, 5) is 18.6. The number of aromatic nitrogens is 2. The van der Waals surface area contributed by atoms with Gasteiger partial charge in [0.1, 0.15) is 23.8 Å². The number of rotatable bonds is 5. The van der Waals surface area contributed by atoms with Gasteiger partial charge in [0.25, 0.3) is 5.91 Å². The number of halogens is 1. The molecule has 1 aliphatic rings. The van der Waals surface area contributed by atoms with Gasteiger partial charge in [-0.1, -0.05) is 0 Å². The number of likely N-dealkylation sites (tertiary alicyclic amines) is 1. The average Bonchev–Trinajstić information content (AvgIpc) is 3.07. The monoisotopic (exact) mass is 347 g/mol. The minimum atomic E-state index is -0.590. The van der Waals surface area contributed by atoms with Gasteiger partial charge in [-0.05, 0) is 37.1 Å². The van der Waals surface area contributed by atoms with Crippen LogP contribution in [0.1, 0.15) is 23.5 Å². The Hall–Kier alpha value is -2.41. The Morgan fingerprint density at radius 1 is 1.36 bits per heavy atom. The molecule has 1 aromatic carbocycles. The molecule has 1 atom stereocenters. The van der Waals surface area contributed by atoms with Gasteiger partial charge in [0, 0.05) is 33.1 Å². The number of benzene rings is 1. The maximum Gasteiger partial charge on any atom is 0.289 e. The van der Waals surface area contributed by atoms with E-state index in [1.54, 1.807) is 48.2 Å². The second kappa shape index (κ2) is 7.23. The van der Waals surface area contributed by atoms with Crippen LogP contribution in [0.4, 0.5) is 4.39 Å². The van der Waals surface area contributed by atoms with E-state index >= 15 is 0 Å². The molecular formula is C18H22FN3O3. The van der Waals surface area contributed by atoms with Gasteiger partial charge in [-0.15, -0.1) is 0 Å². The van der Waals surface area contributed by atoms with Crippen molar-refractivity contribution in [3.05, 3.63) is 48.3 Å². The minimum absolute atomic E-state index is 0.115. The summed E-state index contributed by atoms with van der Waals surface area (Å²) in [5.41, 5.74) is -0.590. The number of methoxy groups -OCH3 is 1. The Morgan fingerprint density at radius 3 is 2.76 bits per heavy atom. The van der Waals surface area contributed by atoms with E-state index in [0.717, 1.165) is 12.8 Å². The molecule has 2 aromatic rings. The molecular weight excluding hydrogens is 325 g/mol. The van der Waals surface area contributed by atoms with Crippen molar-refractivity contribution in [2.75, 3.05) is 26.8 Å². The van der Waals surface area contributed by atoms with E-state index in [2.05, 4.69) is 4.98 Å². The number of imidazole rings is 1. The lowest BCUT2D eigenvalue weighted by Crippen LogP contribution is -2.54. The van der Waals surface area contributed by atoms with Crippen molar-refractivity contribution >= 4 is 5.91 Å². The number of carbonyl (C=O) groups is 1. The van der Waals surface area contributed by atoms with E-state index in [0.29, 0.717) is 31.3 Å². The summed E-state index contributed by atoms with van der Waals surface area (Å²) in [6.45, 7) is 1.38. The van der Waals surface area contributed by atoms with Gasteiger partial charge in [0.2, 0.25) is 0 Å². The van der Waals surface area contributed by atoms with Crippen LogP contribution >= 0.6 is 0 Å². The van der Waals surface area contributed by atoms with Gasteiger partial charge in [0.15, 0.2) is 5.82 Å². The van der Waals surface area contributed by atoms with E-state index < -0.39 is 5.60 Å². The molecule has 1 fully saturated rings. The van der Waals surface area contributed by atoms with Crippen molar-refractivity contribution in [2.24, 2.45) is 7.05 Å². The number of nitrogens with zero attached hydrogens (tertiary/aromatic N) is 3. The van der Waals surface area contributed by atoms with Crippen molar-refractivity contribution in [1.82, 2.24) is 14.5 Å². The molecule has 0 saturated carbocycles. The number of aryl methyl sites for hydroxylation is 1. The van der Waals surface area contributed by atoms with Gasteiger partial charge in [-0.2, -0.15) is 0 Å². The Bertz CT molecular complexity index is 731. The molecule has 0 N–H and O–H groups in total.